The summed E-state index contributed by atoms with van der Waals surface area (Å²) in [6, 6.07) is 8.37. The Morgan fingerprint density at radius 2 is 1.70 bits per heavy atom. The molecule has 2 aromatic rings. The number of carbonyl (C=O) groups excluding carboxylic acids is 2. The zero-order chi connectivity index (χ0) is 16.5. The molecule has 0 bridgehead atoms. The van der Waals surface area contributed by atoms with E-state index in [2.05, 4.69) is 20.6 Å². The standard InChI is InChI=1S/C16H18N4O3/c1-23-10-9-18-15(21)13-3-2-4-14(20-13)16(22)19-11-12-5-7-17-8-6-12/h2-8H,9-11H2,1H3,(H,18,21)(H,19,22). The van der Waals surface area contributed by atoms with E-state index in [1.807, 2.05) is 12.1 Å². The van der Waals surface area contributed by atoms with Crippen LogP contribution in [0.4, 0.5) is 0 Å². The van der Waals surface area contributed by atoms with Crippen LogP contribution < -0.4 is 10.6 Å². The molecule has 0 radical (unpaired) electrons. The van der Waals surface area contributed by atoms with Crippen LogP contribution >= 0.6 is 0 Å². The van der Waals surface area contributed by atoms with Crippen molar-refractivity contribution >= 4 is 11.8 Å². The van der Waals surface area contributed by atoms with Gasteiger partial charge in [-0.15, -0.1) is 0 Å². The number of amides is 2. The molecule has 0 aliphatic rings. The van der Waals surface area contributed by atoms with E-state index < -0.39 is 0 Å². The molecule has 2 N–H and O–H groups in total. The van der Waals surface area contributed by atoms with Gasteiger partial charge in [-0.2, -0.15) is 0 Å². The number of rotatable bonds is 7. The largest absolute Gasteiger partial charge is 0.383 e. The van der Waals surface area contributed by atoms with E-state index in [-0.39, 0.29) is 23.2 Å². The van der Waals surface area contributed by atoms with Crippen LogP contribution in [0.1, 0.15) is 26.5 Å². The first-order valence-electron chi connectivity index (χ1n) is 7.12. The Morgan fingerprint density at radius 3 is 2.35 bits per heavy atom. The summed E-state index contributed by atoms with van der Waals surface area (Å²) in [5.74, 6) is -0.681. The van der Waals surface area contributed by atoms with Crippen LogP contribution in [0.5, 0.6) is 0 Å². The molecular weight excluding hydrogens is 296 g/mol. The van der Waals surface area contributed by atoms with Gasteiger partial charge in [0.25, 0.3) is 11.8 Å². The fourth-order valence-corrected chi connectivity index (χ4v) is 1.82. The van der Waals surface area contributed by atoms with Gasteiger partial charge in [0.15, 0.2) is 0 Å². The predicted molar refractivity (Wildman–Crippen MR) is 83.9 cm³/mol. The number of nitrogens with one attached hydrogen (secondary N) is 2. The van der Waals surface area contributed by atoms with Crippen molar-refractivity contribution in [2.45, 2.75) is 6.54 Å². The third-order valence-corrected chi connectivity index (χ3v) is 3.01. The molecule has 0 aliphatic heterocycles. The molecule has 0 atom stereocenters. The first-order valence-corrected chi connectivity index (χ1v) is 7.12. The van der Waals surface area contributed by atoms with Crippen molar-refractivity contribution in [3.05, 3.63) is 59.7 Å². The van der Waals surface area contributed by atoms with Gasteiger partial charge in [0, 0.05) is 32.6 Å². The van der Waals surface area contributed by atoms with Crippen LogP contribution in [-0.2, 0) is 11.3 Å². The van der Waals surface area contributed by atoms with Crippen LogP contribution in [0.2, 0.25) is 0 Å². The third-order valence-electron chi connectivity index (χ3n) is 3.01. The Balaban J connectivity index is 1.95. The molecule has 7 nitrogen and oxygen atoms in total. The molecule has 2 amide bonds. The highest BCUT2D eigenvalue weighted by Gasteiger charge is 2.11. The van der Waals surface area contributed by atoms with E-state index >= 15 is 0 Å². The number of aromatic nitrogens is 2. The maximum Gasteiger partial charge on any atom is 0.270 e. The van der Waals surface area contributed by atoms with Crippen LogP contribution in [0.3, 0.4) is 0 Å². The van der Waals surface area contributed by atoms with Gasteiger partial charge in [-0.05, 0) is 29.8 Å². The monoisotopic (exact) mass is 314 g/mol. The molecule has 120 valence electrons. The van der Waals surface area contributed by atoms with E-state index in [0.717, 1.165) is 5.56 Å². The highest BCUT2D eigenvalue weighted by Crippen LogP contribution is 2.01. The number of carbonyl (C=O) groups is 2. The minimum Gasteiger partial charge on any atom is -0.383 e. The quantitative estimate of drug-likeness (QED) is 0.737. The average Bonchev–Trinajstić information content (AvgIpc) is 2.61. The molecule has 0 fully saturated rings. The Morgan fingerprint density at radius 1 is 1.04 bits per heavy atom. The lowest BCUT2D eigenvalue weighted by molar-refractivity contribution is 0.0930. The topological polar surface area (TPSA) is 93.2 Å². The first kappa shape index (κ1) is 16.6. The van der Waals surface area contributed by atoms with E-state index in [0.29, 0.717) is 19.7 Å². The molecule has 7 heteroatoms. The second kappa shape index (κ2) is 8.60. The van der Waals surface area contributed by atoms with Gasteiger partial charge in [-0.25, -0.2) is 4.98 Å². The van der Waals surface area contributed by atoms with Crippen molar-refractivity contribution in [2.75, 3.05) is 20.3 Å². The molecule has 0 unspecified atom stereocenters. The highest BCUT2D eigenvalue weighted by molar-refractivity contribution is 5.96. The minimum absolute atomic E-state index is 0.192. The van der Waals surface area contributed by atoms with Crippen molar-refractivity contribution in [3.63, 3.8) is 0 Å². The second-order valence-corrected chi connectivity index (χ2v) is 4.69. The molecule has 0 spiro atoms. The maximum atomic E-state index is 12.1. The second-order valence-electron chi connectivity index (χ2n) is 4.69. The lowest BCUT2D eigenvalue weighted by atomic mass is 10.2. The van der Waals surface area contributed by atoms with Crippen LogP contribution in [0.15, 0.2) is 42.7 Å². The summed E-state index contributed by atoms with van der Waals surface area (Å²) in [4.78, 5) is 32.0. The van der Waals surface area contributed by atoms with E-state index in [9.17, 15) is 9.59 Å². The third kappa shape index (κ3) is 5.15. The number of ether oxygens (including phenoxy) is 1. The van der Waals surface area contributed by atoms with E-state index in [1.165, 1.54) is 0 Å². The fourth-order valence-electron chi connectivity index (χ4n) is 1.82. The van der Waals surface area contributed by atoms with Gasteiger partial charge >= 0.3 is 0 Å². The molecule has 2 aromatic heterocycles. The highest BCUT2D eigenvalue weighted by atomic mass is 16.5. The first-order chi connectivity index (χ1) is 11.2. The van der Waals surface area contributed by atoms with Gasteiger partial charge in [0.1, 0.15) is 11.4 Å². The number of nitrogens with zero attached hydrogens (tertiary/aromatic N) is 2. The van der Waals surface area contributed by atoms with Crippen molar-refractivity contribution in [3.8, 4) is 0 Å². The fraction of sp³-hybridized carbons (Fsp3) is 0.250. The van der Waals surface area contributed by atoms with Crippen molar-refractivity contribution in [1.29, 1.82) is 0 Å². The lowest BCUT2D eigenvalue weighted by Crippen LogP contribution is -2.29. The van der Waals surface area contributed by atoms with Gasteiger partial charge in [0.05, 0.1) is 6.61 Å². The Bertz CT molecular complexity index is 661. The molecule has 0 saturated carbocycles. The van der Waals surface area contributed by atoms with Gasteiger partial charge in [-0.3, -0.25) is 14.6 Å². The van der Waals surface area contributed by atoms with Crippen molar-refractivity contribution in [2.24, 2.45) is 0 Å². The van der Waals surface area contributed by atoms with Crippen LogP contribution in [0.25, 0.3) is 0 Å². The van der Waals surface area contributed by atoms with Gasteiger partial charge in [0.2, 0.25) is 0 Å². The van der Waals surface area contributed by atoms with Crippen LogP contribution in [0, 0.1) is 0 Å². The summed E-state index contributed by atoms with van der Waals surface area (Å²) in [5.41, 5.74) is 1.32. The van der Waals surface area contributed by atoms with E-state index in [4.69, 9.17) is 4.74 Å². The summed E-state index contributed by atoms with van der Waals surface area (Å²) in [6.45, 7) is 1.17. The number of hydrogen-bond donors (Lipinski definition) is 2. The predicted octanol–water partition coefficient (Wildman–Crippen LogP) is 0.783. The number of pyridine rings is 2. The normalized spacial score (nSPS) is 10.1. The molecule has 0 aliphatic carbocycles. The number of hydrogen-bond acceptors (Lipinski definition) is 5. The summed E-state index contributed by atoms with van der Waals surface area (Å²) in [5, 5.41) is 5.41. The summed E-state index contributed by atoms with van der Waals surface area (Å²) >= 11 is 0. The minimum atomic E-state index is -0.342. The zero-order valence-electron chi connectivity index (χ0n) is 12.8. The van der Waals surface area contributed by atoms with Crippen LogP contribution in [-0.4, -0.2) is 42.0 Å². The maximum absolute atomic E-state index is 12.1. The van der Waals surface area contributed by atoms with Crippen molar-refractivity contribution < 1.29 is 14.3 Å². The Hall–Kier alpha value is -2.80. The summed E-state index contributed by atoms with van der Waals surface area (Å²) in [7, 11) is 1.55. The molecule has 23 heavy (non-hydrogen) atoms. The molecule has 2 rings (SSSR count). The summed E-state index contributed by atoms with van der Waals surface area (Å²) in [6.07, 6.45) is 3.31. The van der Waals surface area contributed by atoms with Crippen molar-refractivity contribution in [1.82, 2.24) is 20.6 Å². The lowest BCUT2D eigenvalue weighted by Gasteiger charge is -2.07. The SMILES string of the molecule is COCCNC(=O)c1cccc(C(=O)NCc2ccncc2)n1. The van der Waals surface area contributed by atoms with E-state index in [1.54, 1.807) is 37.7 Å². The molecule has 0 aromatic carbocycles. The smallest absolute Gasteiger partial charge is 0.270 e. The Kier molecular flexibility index (Phi) is 6.19. The zero-order valence-corrected chi connectivity index (χ0v) is 12.8. The van der Waals surface area contributed by atoms with Gasteiger partial charge in [-0.1, -0.05) is 6.07 Å². The molecule has 2 heterocycles. The van der Waals surface area contributed by atoms with Gasteiger partial charge < -0.3 is 15.4 Å². The summed E-state index contributed by atoms with van der Waals surface area (Å²) < 4.78 is 4.86. The Labute approximate surface area is 134 Å². The number of methoxy groups -OCH3 is 1. The average molecular weight is 314 g/mol. The molecular formula is C16H18N4O3. The molecule has 0 saturated heterocycles.